The third kappa shape index (κ3) is 4.45. The second-order valence-electron chi connectivity index (χ2n) is 8.57. The number of likely N-dealkylation sites (N-methyl/N-ethyl adjacent to an activating group) is 1. The van der Waals surface area contributed by atoms with E-state index in [4.69, 9.17) is 10.5 Å². The summed E-state index contributed by atoms with van der Waals surface area (Å²) < 4.78 is 5.56. The summed E-state index contributed by atoms with van der Waals surface area (Å²) in [6.07, 6.45) is 0. The summed E-state index contributed by atoms with van der Waals surface area (Å²) in [6, 6.07) is 10.6. The minimum absolute atomic E-state index is 0.0105. The molecule has 2 heterocycles. The first-order valence-corrected chi connectivity index (χ1v) is 10.9. The van der Waals surface area contributed by atoms with Gasteiger partial charge in [-0.2, -0.15) is 0 Å². The van der Waals surface area contributed by atoms with Crippen molar-refractivity contribution in [3.05, 3.63) is 53.3 Å². The number of hydrogen-bond donors (Lipinski definition) is 4. The van der Waals surface area contributed by atoms with Crippen molar-refractivity contribution >= 4 is 40.2 Å². The molecule has 0 bridgehead atoms. The number of fused-ring (bicyclic) bond motifs is 1. The van der Waals surface area contributed by atoms with Crippen LogP contribution in [-0.2, 0) is 19.9 Å². The van der Waals surface area contributed by atoms with Crippen LogP contribution < -0.4 is 21.1 Å². The largest absolute Gasteiger partial charge is 0.484 e. The van der Waals surface area contributed by atoms with Gasteiger partial charge in [-0.1, -0.05) is 17.7 Å². The average Bonchev–Trinajstić information content (AvgIpc) is 3.44. The molecule has 11 nitrogen and oxygen atoms in total. The minimum Gasteiger partial charge on any atom is -0.484 e. The first kappa shape index (κ1) is 23.9. The fourth-order valence-corrected chi connectivity index (χ4v) is 3.86. The van der Waals surface area contributed by atoms with Crippen LogP contribution in [0, 0.1) is 13.8 Å². The highest BCUT2D eigenvalue weighted by molar-refractivity contribution is 6.50. The van der Waals surface area contributed by atoms with Gasteiger partial charge >= 0.3 is 0 Å². The standard InChI is InChI=1S/C24H27N7O4/c1-13-5-7-16(14(2)9-13)28-21(33)20-24(22(25)34,27-12-26-20)23-29-17-8-6-15(10-18(17)30-23)35-11-19(32)31(3)4/h5-10,27H,11-12H2,1-4H3,(H2,25,34)(H,28,33)(H,29,30). The second-order valence-corrected chi connectivity index (χ2v) is 8.57. The van der Waals surface area contributed by atoms with E-state index in [0.29, 0.717) is 22.5 Å². The predicted octanol–water partition coefficient (Wildman–Crippen LogP) is 0.968. The molecule has 4 rings (SSSR count). The number of carbonyl (C=O) groups excluding carboxylic acids is 3. The van der Waals surface area contributed by atoms with Gasteiger partial charge in [-0.05, 0) is 37.6 Å². The maximum Gasteiger partial charge on any atom is 0.272 e. The van der Waals surface area contributed by atoms with Crippen LogP contribution >= 0.6 is 0 Å². The lowest BCUT2D eigenvalue weighted by Gasteiger charge is -2.25. The molecule has 1 aliphatic heterocycles. The normalized spacial score (nSPS) is 17.2. The zero-order chi connectivity index (χ0) is 25.3. The van der Waals surface area contributed by atoms with E-state index in [0.717, 1.165) is 11.1 Å². The number of aliphatic imine (C=N–C) groups is 1. The molecular weight excluding hydrogens is 450 g/mol. The van der Waals surface area contributed by atoms with E-state index in [-0.39, 0.29) is 30.7 Å². The van der Waals surface area contributed by atoms with Crippen LogP contribution in [0.5, 0.6) is 5.75 Å². The minimum atomic E-state index is -1.75. The summed E-state index contributed by atoms with van der Waals surface area (Å²) in [5.74, 6) is -0.997. The summed E-state index contributed by atoms with van der Waals surface area (Å²) in [7, 11) is 3.28. The second kappa shape index (κ2) is 9.18. The van der Waals surface area contributed by atoms with E-state index in [9.17, 15) is 14.4 Å². The molecule has 5 N–H and O–H groups in total. The van der Waals surface area contributed by atoms with E-state index < -0.39 is 17.4 Å². The van der Waals surface area contributed by atoms with E-state index in [1.165, 1.54) is 4.90 Å². The van der Waals surface area contributed by atoms with Gasteiger partial charge in [0.2, 0.25) is 5.54 Å². The molecule has 0 fully saturated rings. The zero-order valence-corrected chi connectivity index (χ0v) is 19.9. The number of aromatic nitrogens is 2. The fourth-order valence-electron chi connectivity index (χ4n) is 3.86. The summed E-state index contributed by atoms with van der Waals surface area (Å²) in [4.78, 5) is 51.1. The highest BCUT2D eigenvalue weighted by Crippen LogP contribution is 2.29. The van der Waals surface area contributed by atoms with E-state index in [1.54, 1.807) is 38.4 Å². The number of anilines is 1. The number of H-pyrrole nitrogens is 1. The molecule has 2 aromatic carbocycles. The number of nitrogens with zero attached hydrogens (tertiary/aromatic N) is 3. The van der Waals surface area contributed by atoms with Gasteiger partial charge < -0.3 is 25.7 Å². The van der Waals surface area contributed by atoms with Crippen LogP contribution in [0.15, 0.2) is 41.4 Å². The molecule has 1 aromatic heterocycles. The van der Waals surface area contributed by atoms with Gasteiger partial charge in [-0.15, -0.1) is 0 Å². The molecule has 182 valence electrons. The molecule has 0 saturated heterocycles. The molecule has 1 aliphatic rings. The smallest absolute Gasteiger partial charge is 0.272 e. The Morgan fingerprint density at radius 3 is 2.63 bits per heavy atom. The van der Waals surface area contributed by atoms with Gasteiger partial charge in [0.15, 0.2) is 6.61 Å². The van der Waals surface area contributed by atoms with Crippen LogP contribution in [0.1, 0.15) is 17.0 Å². The molecular formula is C24H27N7O4. The number of nitrogens with one attached hydrogen (secondary N) is 3. The third-order valence-electron chi connectivity index (χ3n) is 5.82. The number of benzene rings is 2. The van der Waals surface area contributed by atoms with Crippen LogP contribution in [0.25, 0.3) is 11.0 Å². The monoisotopic (exact) mass is 477 g/mol. The number of primary amides is 1. The van der Waals surface area contributed by atoms with Crippen LogP contribution in [0.4, 0.5) is 5.69 Å². The van der Waals surface area contributed by atoms with Crippen LogP contribution in [0.2, 0.25) is 0 Å². The van der Waals surface area contributed by atoms with E-state index in [2.05, 4.69) is 25.6 Å². The molecule has 35 heavy (non-hydrogen) atoms. The van der Waals surface area contributed by atoms with Crippen molar-refractivity contribution in [2.75, 3.05) is 32.7 Å². The van der Waals surface area contributed by atoms with Gasteiger partial charge in [0.1, 0.15) is 17.3 Å². The van der Waals surface area contributed by atoms with Crippen molar-refractivity contribution < 1.29 is 19.1 Å². The number of aromatic amines is 1. The van der Waals surface area contributed by atoms with Crippen molar-refractivity contribution in [1.29, 1.82) is 0 Å². The van der Waals surface area contributed by atoms with Crippen molar-refractivity contribution in [3.8, 4) is 5.75 Å². The lowest BCUT2D eigenvalue weighted by atomic mass is 9.91. The molecule has 0 spiro atoms. The SMILES string of the molecule is Cc1ccc(NC(=O)C2=NCNC2(C(N)=O)c2nc3ccc(OCC(=O)N(C)C)cc3[nH]2)c(C)c1. The van der Waals surface area contributed by atoms with Gasteiger partial charge in [0.05, 0.1) is 17.7 Å². The highest BCUT2D eigenvalue weighted by atomic mass is 16.5. The quantitative estimate of drug-likeness (QED) is 0.397. The molecule has 0 radical (unpaired) electrons. The Morgan fingerprint density at radius 2 is 1.94 bits per heavy atom. The van der Waals surface area contributed by atoms with Crippen LogP contribution in [-0.4, -0.2) is 65.7 Å². The van der Waals surface area contributed by atoms with Crippen molar-refractivity contribution in [1.82, 2.24) is 20.2 Å². The average molecular weight is 478 g/mol. The number of amides is 3. The zero-order valence-electron chi connectivity index (χ0n) is 19.9. The Bertz CT molecular complexity index is 1360. The number of rotatable bonds is 7. The van der Waals surface area contributed by atoms with Crippen molar-refractivity contribution in [2.45, 2.75) is 19.4 Å². The van der Waals surface area contributed by atoms with Gasteiger partial charge in [-0.3, -0.25) is 24.7 Å². The lowest BCUT2D eigenvalue weighted by molar-refractivity contribution is -0.130. The van der Waals surface area contributed by atoms with E-state index >= 15 is 0 Å². The van der Waals surface area contributed by atoms with Crippen molar-refractivity contribution in [2.24, 2.45) is 10.7 Å². The number of nitrogens with two attached hydrogens (primary N) is 1. The van der Waals surface area contributed by atoms with Gasteiger partial charge in [-0.25, -0.2) is 4.98 Å². The number of ether oxygens (including phenoxy) is 1. The summed E-state index contributed by atoms with van der Waals surface area (Å²) in [5.41, 5.74) is 7.58. The van der Waals surface area contributed by atoms with Crippen molar-refractivity contribution in [3.63, 3.8) is 0 Å². The topological polar surface area (TPSA) is 155 Å². The maximum atomic E-state index is 13.2. The molecule has 3 amide bonds. The first-order chi connectivity index (χ1) is 16.6. The highest BCUT2D eigenvalue weighted by Gasteiger charge is 2.52. The molecule has 0 aliphatic carbocycles. The lowest BCUT2D eigenvalue weighted by Crippen LogP contribution is -2.58. The first-order valence-electron chi connectivity index (χ1n) is 10.9. The Balaban J connectivity index is 1.65. The third-order valence-corrected chi connectivity index (χ3v) is 5.82. The van der Waals surface area contributed by atoms with E-state index in [1.807, 2.05) is 26.0 Å². The Labute approximate surface area is 201 Å². The van der Waals surface area contributed by atoms with Gasteiger partial charge in [0.25, 0.3) is 17.7 Å². The molecule has 3 aromatic rings. The summed E-state index contributed by atoms with van der Waals surface area (Å²) in [5, 5.41) is 5.76. The summed E-state index contributed by atoms with van der Waals surface area (Å²) in [6.45, 7) is 3.72. The number of hydrogen-bond acceptors (Lipinski definition) is 7. The fraction of sp³-hybridized carbons (Fsp3) is 0.292. The molecule has 1 atom stereocenters. The number of imidazole rings is 1. The number of carbonyl (C=O) groups is 3. The van der Waals surface area contributed by atoms with Crippen LogP contribution in [0.3, 0.4) is 0 Å². The van der Waals surface area contributed by atoms with Gasteiger partial charge in [0, 0.05) is 25.8 Å². The maximum absolute atomic E-state index is 13.2. The Kier molecular flexibility index (Phi) is 6.27. The molecule has 1 unspecified atom stereocenters. The Morgan fingerprint density at radius 1 is 1.17 bits per heavy atom. The predicted molar refractivity (Wildman–Crippen MR) is 131 cm³/mol. The molecule has 11 heteroatoms. The number of aryl methyl sites for hydroxylation is 2. The Hall–Kier alpha value is -4.25. The summed E-state index contributed by atoms with van der Waals surface area (Å²) >= 11 is 0. The molecule has 0 saturated carbocycles.